The van der Waals surface area contributed by atoms with Crippen LogP contribution in [0.15, 0.2) is 72.8 Å². The van der Waals surface area contributed by atoms with Gasteiger partial charge in [0.1, 0.15) is 17.6 Å². The van der Waals surface area contributed by atoms with Crippen molar-refractivity contribution in [2.24, 2.45) is 0 Å². The van der Waals surface area contributed by atoms with Gasteiger partial charge in [-0.1, -0.05) is 54.2 Å². The Morgan fingerprint density at radius 2 is 1.62 bits per heavy atom. The Morgan fingerprint density at radius 1 is 0.906 bits per heavy atom. The van der Waals surface area contributed by atoms with Crippen molar-refractivity contribution in [1.29, 1.82) is 0 Å². The second kappa shape index (κ2) is 17.5. The fourth-order valence-electron chi connectivity index (χ4n) is 5.93. The number of piperazine rings is 1. The fraction of sp³-hybridized carbons (Fsp3) is 0.316. The number of nitrogens with one attached hydrogen (secondary N) is 1. The lowest BCUT2D eigenvalue weighted by molar-refractivity contribution is -0.135. The van der Waals surface area contributed by atoms with E-state index in [1.807, 2.05) is 35.2 Å². The smallest absolute Gasteiger partial charge is 0.249 e. The fourth-order valence-corrected chi connectivity index (χ4v) is 7.88. The summed E-state index contributed by atoms with van der Waals surface area (Å²) in [5.74, 6) is 2.73. The average molecular weight is 757 g/mol. The van der Waals surface area contributed by atoms with Crippen LogP contribution >= 0.6 is 23.5 Å². The van der Waals surface area contributed by atoms with Crippen LogP contribution < -0.4 is 24.4 Å². The van der Waals surface area contributed by atoms with E-state index in [0.29, 0.717) is 77.5 Å². The first-order valence-corrected chi connectivity index (χ1v) is 19.1. The van der Waals surface area contributed by atoms with Crippen LogP contribution in [0.3, 0.4) is 0 Å². The van der Waals surface area contributed by atoms with Crippen molar-refractivity contribution < 1.29 is 33.4 Å². The van der Waals surface area contributed by atoms with Crippen molar-refractivity contribution in [1.82, 2.24) is 19.8 Å². The number of hydrogen-bond acceptors (Lipinski definition) is 12. The molecule has 0 spiro atoms. The summed E-state index contributed by atoms with van der Waals surface area (Å²) in [4.78, 5) is 67.6. The van der Waals surface area contributed by atoms with Crippen LogP contribution in [0.2, 0.25) is 0 Å². The van der Waals surface area contributed by atoms with E-state index in [1.54, 1.807) is 65.5 Å². The lowest BCUT2D eigenvalue weighted by Crippen LogP contribution is -2.49. The van der Waals surface area contributed by atoms with Gasteiger partial charge in [-0.25, -0.2) is 4.98 Å². The molecule has 0 radical (unpaired) electrons. The first kappa shape index (κ1) is 37.5. The van der Waals surface area contributed by atoms with Crippen molar-refractivity contribution in [2.75, 3.05) is 75.1 Å². The number of aromatic nitrogens is 2. The molecule has 1 N–H and O–H groups in total. The molecule has 2 aliphatic heterocycles. The van der Waals surface area contributed by atoms with Crippen LogP contribution in [0.1, 0.15) is 22.3 Å². The minimum atomic E-state index is -0.725. The Balaban J connectivity index is 1.15. The normalized spacial score (nSPS) is 15.8. The summed E-state index contributed by atoms with van der Waals surface area (Å²) < 4.78 is 16.3. The highest BCUT2D eigenvalue weighted by Gasteiger charge is 2.35. The number of benzene rings is 3. The Hall–Kier alpha value is -5.28. The van der Waals surface area contributed by atoms with Crippen LogP contribution in [0, 0.1) is 0 Å². The monoisotopic (exact) mass is 756 g/mol. The molecule has 1 aromatic heterocycles. The minimum absolute atomic E-state index is 0.0976. The first-order valence-electron chi connectivity index (χ1n) is 17.0. The summed E-state index contributed by atoms with van der Waals surface area (Å²) in [5.41, 5.74) is 2.00. The van der Waals surface area contributed by atoms with Crippen LogP contribution in [0.5, 0.6) is 17.2 Å². The molecule has 2 saturated heterocycles. The maximum Gasteiger partial charge on any atom is 0.249 e. The summed E-state index contributed by atoms with van der Waals surface area (Å²) in [6.07, 6.45) is 3.47. The number of carbonyl (C=O) groups excluding carboxylic acids is 4. The largest absolute Gasteiger partial charge is 0.497 e. The molecule has 6 rings (SSSR count). The zero-order valence-electron chi connectivity index (χ0n) is 29.7. The third-order valence-electron chi connectivity index (χ3n) is 8.90. The quantitative estimate of drug-likeness (QED) is 0.198. The first-order chi connectivity index (χ1) is 25.8. The zero-order valence-corrected chi connectivity index (χ0v) is 31.3. The Morgan fingerprint density at radius 3 is 2.32 bits per heavy atom. The van der Waals surface area contributed by atoms with Crippen molar-refractivity contribution in [3.63, 3.8) is 0 Å². The van der Waals surface area contributed by atoms with Gasteiger partial charge in [-0.3, -0.25) is 19.2 Å². The molecular weight excluding hydrogens is 717 g/mol. The summed E-state index contributed by atoms with van der Waals surface area (Å²) in [6, 6.07) is 19.1. The highest BCUT2D eigenvalue weighted by molar-refractivity contribution is 8.14. The van der Waals surface area contributed by atoms with Crippen LogP contribution in [-0.4, -0.2) is 114 Å². The number of amides is 3. The van der Waals surface area contributed by atoms with Crippen molar-refractivity contribution in [3.05, 3.63) is 83.9 Å². The molecule has 0 aliphatic carbocycles. The van der Waals surface area contributed by atoms with E-state index in [2.05, 4.69) is 5.32 Å². The van der Waals surface area contributed by atoms with Crippen LogP contribution in [0.4, 0.5) is 11.8 Å². The van der Waals surface area contributed by atoms with Gasteiger partial charge < -0.3 is 34.2 Å². The number of thioether (sulfide) groups is 2. The van der Waals surface area contributed by atoms with Gasteiger partial charge in [0, 0.05) is 67.2 Å². The highest BCUT2D eigenvalue weighted by Crippen LogP contribution is 2.36. The third kappa shape index (κ3) is 9.03. The molecule has 15 heteroatoms. The summed E-state index contributed by atoms with van der Waals surface area (Å²) in [6.45, 7) is 1.85. The standard InChI is InChI=1S/C38H40N6O7S2/c1-49-27-12-9-25(10-13-27)11-14-33(45)42-16-18-43(19-17-42)38-39-29-22-32(51-3)31(50-2)21-28(29)35(41-38)40-36(47)30-23-52-24-44(30)34(46)15-20-53-37(48)26-7-5-4-6-8-26/h4-14,21-22,30H,15-20,23-24H2,1-3H3,(H,39,40,41,47). The number of methoxy groups -OCH3 is 3. The van der Waals surface area contributed by atoms with E-state index >= 15 is 0 Å². The lowest BCUT2D eigenvalue weighted by Gasteiger charge is -2.34. The molecule has 3 aromatic carbocycles. The molecular formula is C38H40N6O7S2. The predicted octanol–water partition coefficient (Wildman–Crippen LogP) is 4.82. The molecule has 276 valence electrons. The van der Waals surface area contributed by atoms with E-state index in [4.69, 9.17) is 24.2 Å². The lowest BCUT2D eigenvalue weighted by atomic mass is 10.2. The average Bonchev–Trinajstić information content (AvgIpc) is 3.70. The van der Waals surface area contributed by atoms with E-state index in [9.17, 15) is 19.2 Å². The Kier molecular flexibility index (Phi) is 12.4. The molecule has 2 aliphatic rings. The third-order valence-corrected chi connectivity index (χ3v) is 10.8. The number of ether oxygens (including phenoxy) is 3. The SMILES string of the molecule is COc1ccc(C=CC(=O)N2CCN(c3nc(NC(=O)C4CSCN4C(=O)CCSC(=O)c4ccccc4)c4cc(OC)c(OC)cc4n3)CC2)cc1. The van der Waals surface area contributed by atoms with Crippen LogP contribution in [0.25, 0.3) is 17.0 Å². The molecule has 3 heterocycles. The molecule has 1 unspecified atom stereocenters. The molecule has 0 bridgehead atoms. The number of anilines is 2. The second-order valence-corrected chi connectivity index (χ2v) is 14.2. The van der Waals surface area contributed by atoms with Gasteiger partial charge in [0.05, 0.1) is 32.7 Å². The molecule has 2 fully saturated rings. The zero-order chi connectivity index (χ0) is 37.3. The summed E-state index contributed by atoms with van der Waals surface area (Å²) >= 11 is 2.58. The van der Waals surface area contributed by atoms with Crippen molar-refractivity contribution >= 4 is 75.1 Å². The van der Waals surface area contributed by atoms with Gasteiger partial charge in [0.15, 0.2) is 11.5 Å². The van der Waals surface area contributed by atoms with Gasteiger partial charge in [-0.2, -0.15) is 4.98 Å². The van der Waals surface area contributed by atoms with Gasteiger partial charge in [0.2, 0.25) is 28.8 Å². The second-order valence-electron chi connectivity index (χ2n) is 12.1. The predicted molar refractivity (Wildman–Crippen MR) is 208 cm³/mol. The summed E-state index contributed by atoms with van der Waals surface area (Å²) in [7, 11) is 4.67. The maximum absolute atomic E-state index is 13.9. The highest BCUT2D eigenvalue weighted by atomic mass is 32.2. The topological polar surface area (TPSA) is 144 Å². The summed E-state index contributed by atoms with van der Waals surface area (Å²) in [5, 5.41) is 3.42. The Bertz CT molecular complexity index is 1990. The molecule has 3 amide bonds. The van der Waals surface area contributed by atoms with Gasteiger partial charge in [-0.15, -0.1) is 11.8 Å². The minimum Gasteiger partial charge on any atom is -0.497 e. The van der Waals surface area contributed by atoms with Gasteiger partial charge >= 0.3 is 0 Å². The van der Waals surface area contributed by atoms with Gasteiger partial charge in [0.25, 0.3) is 0 Å². The van der Waals surface area contributed by atoms with E-state index in [0.717, 1.165) is 23.1 Å². The van der Waals surface area contributed by atoms with E-state index < -0.39 is 6.04 Å². The molecule has 0 saturated carbocycles. The molecule has 13 nitrogen and oxygen atoms in total. The van der Waals surface area contributed by atoms with Crippen molar-refractivity contribution in [3.8, 4) is 17.2 Å². The molecule has 4 aromatic rings. The number of nitrogens with zero attached hydrogens (tertiary/aromatic N) is 5. The number of carbonyl (C=O) groups is 4. The number of rotatable bonds is 12. The molecule has 1 atom stereocenters. The maximum atomic E-state index is 13.9. The number of hydrogen-bond donors (Lipinski definition) is 1. The van der Waals surface area contributed by atoms with Crippen LogP contribution in [-0.2, 0) is 14.4 Å². The van der Waals surface area contributed by atoms with Crippen molar-refractivity contribution in [2.45, 2.75) is 12.5 Å². The van der Waals surface area contributed by atoms with E-state index in [1.165, 1.54) is 26.0 Å². The van der Waals surface area contributed by atoms with Gasteiger partial charge in [-0.05, 0) is 29.8 Å². The molecule has 53 heavy (non-hydrogen) atoms. The Labute approximate surface area is 316 Å². The number of fused-ring (bicyclic) bond motifs is 1. The van der Waals surface area contributed by atoms with E-state index in [-0.39, 0.29) is 35.1 Å².